The Balaban J connectivity index is 2.78. The largest absolute Gasteiger partial charge is 0.462 e. The van der Waals surface area contributed by atoms with Gasteiger partial charge in [0.1, 0.15) is 0 Å². The molecule has 5 nitrogen and oxygen atoms in total. The van der Waals surface area contributed by atoms with Crippen molar-refractivity contribution in [2.24, 2.45) is 0 Å². The monoisotopic (exact) mass is 295 g/mol. The van der Waals surface area contributed by atoms with Crippen molar-refractivity contribution in [1.82, 2.24) is 0 Å². The van der Waals surface area contributed by atoms with E-state index in [-0.39, 0.29) is 17.9 Å². The van der Waals surface area contributed by atoms with Gasteiger partial charge in [-0.1, -0.05) is 19.1 Å². The summed E-state index contributed by atoms with van der Waals surface area (Å²) in [5.74, 6) is -0.805. The lowest BCUT2D eigenvalue weighted by atomic mass is 10.1. The van der Waals surface area contributed by atoms with Crippen LogP contribution in [0, 0.1) is 11.3 Å². The van der Waals surface area contributed by atoms with Crippen molar-refractivity contribution in [1.29, 1.82) is 5.26 Å². The van der Waals surface area contributed by atoms with E-state index in [1.165, 1.54) is 6.07 Å². The first-order chi connectivity index (χ1) is 9.48. The van der Waals surface area contributed by atoms with E-state index in [9.17, 15) is 13.2 Å². The molecule has 0 aliphatic heterocycles. The maximum Gasteiger partial charge on any atom is 0.338 e. The number of benzene rings is 1. The van der Waals surface area contributed by atoms with Crippen LogP contribution in [-0.2, 0) is 20.3 Å². The molecule has 0 N–H and O–H groups in total. The van der Waals surface area contributed by atoms with Crippen LogP contribution in [0.3, 0.4) is 0 Å². The number of carbonyl (C=O) groups excluding carboxylic acids is 1. The minimum atomic E-state index is -3.33. The summed E-state index contributed by atoms with van der Waals surface area (Å²) in [4.78, 5) is 11.7. The van der Waals surface area contributed by atoms with E-state index in [4.69, 9.17) is 10.00 Å². The Morgan fingerprint density at radius 3 is 2.80 bits per heavy atom. The second kappa shape index (κ2) is 7.65. The van der Waals surface area contributed by atoms with Gasteiger partial charge in [0.05, 0.1) is 29.7 Å². The van der Waals surface area contributed by atoms with Crippen LogP contribution in [0.2, 0.25) is 0 Å². The highest BCUT2D eigenvalue weighted by Crippen LogP contribution is 2.11. The Morgan fingerprint density at radius 2 is 2.15 bits per heavy atom. The van der Waals surface area contributed by atoms with Gasteiger partial charge in [0.2, 0.25) is 0 Å². The smallest absolute Gasteiger partial charge is 0.338 e. The molecular weight excluding hydrogens is 278 g/mol. The molecule has 0 bridgehead atoms. The minimum absolute atomic E-state index is 0.0272. The van der Waals surface area contributed by atoms with Crippen LogP contribution in [0.15, 0.2) is 24.3 Å². The van der Waals surface area contributed by atoms with Gasteiger partial charge < -0.3 is 4.74 Å². The molecule has 0 saturated carbocycles. The van der Waals surface area contributed by atoms with Gasteiger partial charge >= 0.3 is 5.97 Å². The molecule has 0 aromatic heterocycles. The molecule has 0 saturated heterocycles. The van der Waals surface area contributed by atoms with Crippen molar-refractivity contribution in [2.45, 2.75) is 25.5 Å². The summed E-state index contributed by atoms with van der Waals surface area (Å²) >= 11 is 0. The first-order valence-corrected chi connectivity index (χ1v) is 8.14. The fourth-order valence-electron chi connectivity index (χ4n) is 1.59. The molecule has 0 unspecified atom stereocenters. The third kappa shape index (κ3) is 5.41. The van der Waals surface area contributed by atoms with Gasteiger partial charge in [-0.25, -0.2) is 13.2 Å². The predicted molar refractivity (Wildman–Crippen MR) is 74.7 cm³/mol. The lowest BCUT2D eigenvalue weighted by molar-refractivity contribution is 0.0505. The van der Waals surface area contributed by atoms with Crippen LogP contribution in [0.5, 0.6) is 0 Å². The van der Waals surface area contributed by atoms with Crippen LogP contribution in [0.25, 0.3) is 0 Å². The van der Waals surface area contributed by atoms with Crippen molar-refractivity contribution in [3.63, 3.8) is 0 Å². The minimum Gasteiger partial charge on any atom is -0.462 e. The van der Waals surface area contributed by atoms with Crippen LogP contribution >= 0.6 is 0 Å². The SMILES string of the molecule is CCCOC(=O)c1cccc(CS(=O)(=O)CCC#N)c1. The summed E-state index contributed by atoms with van der Waals surface area (Å²) in [6, 6.07) is 8.17. The maximum atomic E-state index is 11.7. The Hall–Kier alpha value is -1.87. The van der Waals surface area contributed by atoms with Crippen LogP contribution in [-0.4, -0.2) is 26.7 Å². The third-order valence-corrected chi connectivity index (χ3v) is 4.11. The van der Waals surface area contributed by atoms with E-state index in [1.807, 2.05) is 13.0 Å². The quantitative estimate of drug-likeness (QED) is 0.719. The molecule has 20 heavy (non-hydrogen) atoms. The number of hydrogen-bond acceptors (Lipinski definition) is 5. The topological polar surface area (TPSA) is 84.2 Å². The molecule has 1 aromatic rings. The maximum absolute atomic E-state index is 11.7. The number of hydrogen-bond donors (Lipinski definition) is 0. The summed E-state index contributed by atoms with van der Waals surface area (Å²) in [6.45, 7) is 2.23. The fourth-order valence-corrected chi connectivity index (χ4v) is 2.83. The summed E-state index contributed by atoms with van der Waals surface area (Å²) in [6.07, 6.45) is 0.703. The van der Waals surface area contributed by atoms with E-state index >= 15 is 0 Å². The summed E-state index contributed by atoms with van der Waals surface area (Å²) in [7, 11) is -3.33. The standard InChI is InChI=1S/C14H17NO4S/c1-2-8-19-14(16)13-6-3-5-12(10-13)11-20(17,18)9-4-7-15/h3,5-6,10H,2,4,8-9,11H2,1H3. The predicted octanol–water partition coefficient (Wildman–Crippen LogP) is 2.08. The van der Waals surface area contributed by atoms with Gasteiger partial charge in [0, 0.05) is 6.42 Å². The van der Waals surface area contributed by atoms with E-state index in [0.29, 0.717) is 17.7 Å². The van der Waals surface area contributed by atoms with Gasteiger partial charge in [-0.2, -0.15) is 5.26 Å². The third-order valence-electron chi connectivity index (χ3n) is 2.51. The van der Waals surface area contributed by atoms with Gasteiger partial charge in [0.25, 0.3) is 0 Å². The molecule has 6 heteroatoms. The molecule has 1 rings (SSSR count). The first kappa shape index (κ1) is 16.2. The van der Waals surface area contributed by atoms with Crippen molar-refractivity contribution in [3.8, 4) is 6.07 Å². The lowest BCUT2D eigenvalue weighted by Gasteiger charge is -2.06. The van der Waals surface area contributed by atoms with Gasteiger partial charge in [-0.3, -0.25) is 0 Å². The van der Waals surface area contributed by atoms with Gasteiger partial charge in [-0.05, 0) is 24.1 Å². The zero-order valence-electron chi connectivity index (χ0n) is 11.3. The highest BCUT2D eigenvalue weighted by molar-refractivity contribution is 7.90. The highest BCUT2D eigenvalue weighted by Gasteiger charge is 2.13. The molecule has 0 amide bonds. The van der Waals surface area contributed by atoms with Crippen molar-refractivity contribution in [2.75, 3.05) is 12.4 Å². The lowest BCUT2D eigenvalue weighted by Crippen LogP contribution is -2.10. The van der Waals surface area contributed by atoms with Gasteiger partial charge in [0.15, 0.2) is 9.84 Å². The van der Waals surface area contributed by atoms with Crippen molar-refractivity contribution < 1.29 is 17.9 Å². The van der Waals surface area contributed by atoms with Crippen LogP contribution < -0.4 is 0 Å². The molecule has 108 valence electrons. The zero-order valence-corrected chi connectivity index (χ0v) is 12.1. The zero-order chi connectivity index (χ0) is 15.0. The van der Waals surface area contributed by atoms with Crippen molar-refractivity contribution in [3.05, 3.63) is 35.4 Å². The summed E-state index contributed by atoms with van der Waals surface area (Å²) in [5.41, 5.74) is 0.861. The van der Waals surface area contributed by atoms with E-state index in [2.05, 4.69) is 0 Å². The average molecular weight is 295 g/mol. The van der Waals surface area contributed by atoms with E-state index < -0.39 is 15.8 Å². The number of nitriles is 1. The van der Waals surface area contributed by atoms with Crippen LogP contribution in [0.1, 0.15) is 35.7 Å². The summed E-state index contributed by atoms with van der Waals surface area (Å²) in [5, 5.41) is 8.42. The molecule has 0 radical (unpaired) electrons. The van der Waals surface area contributed by atoms with E-state index in [1.54, 1.807) is 18.2 Å². The van der Waals surface area contributed by atoms with E-state index in [0.717, 1.165) is 6.42 Å². The molecule has 0 atom stereocenters. The number of esters is 1. The molecule has 0 fully saturated rings. The number of carbonyl (C=O) groups is 1. The summed E-state index contributed by atoms with van der Waals surface area (Å²) < 4.78 is 28.5. The Kier molecular flexibility index (Phi) is 6.19. The number of ether oxygens (including phenoxy) is 1. The second-order valence-corrected chi connectivity index (χ2v) is 6.52. The van der Waals surface area contributed by atoms with Crippen LogP contribution in [0.4, 0.5) is 0 Å². The number of sulfone groups is 1. The van der Waals surface area contributed by atoms with Gasteiger partial charge in [-0.15, -0.1) is 0 Å². The number of rotatable bonds is 7. The molecule has 0 aliphatic carbocycles. The number of nitrogens with zero attached hydrogens (tertiary/aromatic N) is 1. The Morgan fingerprint density at radius 1 is 1.40 bits per heavy atom. The highest BCUT2D eigenvalue weighted by atomic mass is 32.2. The second-order valence-electron chi connectivity index (χ2n) is 4.34. The Bertz CT molecular complexity index is 602. The average Bonchev–Trinajstić information content (AvgIpc) is 2.42. The normalized spacial score (nSPS) is 10.8. The fraction of sp³-hybridized carbons (Fsp3) is 0.429. The molecular formula is C14H17NO4S. The first-order valence-electron chi connectivity index (χ1n) is 6.32. The molecule has 0 heterocycles. The van der Waals surface area contributed by atoms with Crippen molar-refractivity contribution >= 4 is 15.8 Å². The molecule has 1 aromatic carbocycles. The molecule has 0 spiro atoms. The molecule has 0 aliphatic rings. The Labute approximate surface area is 119 Å².